The predicted octanol–water partition coefficient (Wildman–Crippen LogP) is 5.99. The van der Waals surface area contributed by atoms with E-state index in [2.05, 4.69) is 80.3 Å². The molecule has 1 fully saturated rings. The Morgan fingerprint density at radius 2 is 1.74 bits per heavy atom. The summed E-state index contributed by atoms with van der Waals surface area (Å²) in [7, 11) is -1.91. The van der Waals surface area contributed by atoms with Gasteiger partial charge in [-0.25, -0.2) is 9.78 Å². The molecule has 2 aromatic rings. The third-order valence-corrected chi connectivity index (χ3v) is 10.6. The lowest BCUT2D eigenvalue weighted by Crippen LogP contribution is -2.43. The number of nitrogens with zero attached hydrogens (tertiary/aromatic N) is 2. The molecule has 0 aliphatic carbocycles. The molecule has 1 aromatic carbocycles. The molecule has 1 N–H and O–H groups in total. The first-order valence-electron chi connectivity index (χ1n) is 11.0. The van der Waals surface area contributed by atoms with Crippen LogP contribution in [0.15, 0.2) is 42.6 Å². The van der Waals surface area contributed by atoms with Gasteiger partial charge in [-0.3, -0.25) is 5.32 Å². The summed E-state index contributed by atoms with van der Waals surface area (Å²) in [5.74, 6) is 1.19. The highest BCUT2D eigenvalue weighted by Gasteiger charge is 2.39. The van der Waals surface area contributed by atoms with Crippen molar-refractivity contribution in [1.29, 1.82) is 0 Å². The lowest BCUT2D eigenvalue weighted by Gasteiger charge is -2.36. The van der Waals surface area contributed by atoms with Crippen molar-refractivity contribution in [1.82, 2.24) is 4.98 Å². The average Bonchev–Trinajstić information content (AvgIpc) is 2.70. The number of rotatable bonds is 5. The topological polar surface area (TPSA) is 63.7 Å². The van der Waals surface area contributed by atoms with Crippen LogP contribution in [-0.4, -0.2) is 38.6 Å². The SMILES string of the molecule is Cc1ccc(N2CCC(OC(=O)Nc3ccc(O[Si](C)(C)C(C)(C)C)cn3)CC2)cc1. The Morgan fingerprint density at radius 3 is 2.29 bits per heavy atom. The zero-order valence-corrected chi connectivity index (χ0v) is 20.6. The number of piperidine rings is 1. The molecule has 1 aliphatic rings. The van der Waals surface area contributed by atoms with Crippen molar-refractivity contribution in [3.05, 3.63) is 48.2 Å². The molecular weight excluding hydrogens is 406 g/mol. The smallest absolute Gasteiger partial charge is 0.413 e. The van der Waals surface area contributed by atoms with E-state index in [-0.39, 0.29) is 11.1 Å². The second kappa shape index (κ2) is 9.30. The van der Waals surface area contributed by atoms with Gasteiger partial charge in [0.2, 0.25) is 0 Å². The maximum atomic E-state index is 12.3. The van der Waals surface area contributed by atoms with Crippen LogP contribution in [0, 0.1) is 6.92 Å². The Balaban J connectivity index is 1.46. The van der Waals surface area contributed by atoms with Gasteiger partial charge in [0.15, 0.2) is 0 Å². The van der Waals surface area contributed by atoms with E-state index in [9.17, 15) is 4.79 Å². The summed E-state index contributed by atoms with van der Waals surface area (Å²) in [6.07, 6.45) is 2.75. The fraction of sp³-hybridized carbons (Fsp3) is 0.500. The van der Waals surface area contributed by atoms with E-state index in [1.165, 1.54) is 11.3 Å². The van der Waals surface area contributed by atoms with Gasteiger partial charge in [-0.1, -0.05) is 38.5 Å². The molecule has 0 atom stereocenters. The van der Waals surface area contributed by atoms with E-state index in [0.717, 1.165) is 31.7 Å². The van der Waals surface area contributed by atoms with Gasteiger partial charge in [0.05, 0.1) is 6.20 Å². The fourth-order valence-electron chi connectivity index (χ4n) is 3.24. The number of carbonyl (C=O) groups is 1. The summed E-state index contributed by atoms with van der Waals surface area (Å²) >= 11 is 0. The Kier molecular flexibility index (Phi) is 6.94. The van der Waals surface area contributed by atoms with E-state index in [1.807, 2.05) is 6.07 Å². The van der Waals surface area contributed by atoms with Crippen molar-refractivity contribution in [3.8, 4) is 5.75 Å². The molecule has 0 bridgehead atoms. The van der Waals surface area contributed by atoms with Crippen LogP contribution in [-0.2, 0) is 4.74 Å². The second-order valence-electron chi connectivity index (χ2n) is 9.79. The van der Waals surface area contributed by atoms with Crippen molar-refractivity contribution in [2.24, 2.45) is 0 Å². The number of ether oxygens (including phenoxy) is 1. The molecular formula is C24H35N3O3Si. The molecule has 0 radical (unpaired) electrons. The van der Waals surface area contributed by atoms with E-state index < -0.39 is 14.4 Å². The third-order valence-electron chi connectivity index (χ3n) is 6.26. The summed E-state index contributed by atoms with van der Waals surface area (Å²) < 4.78 is 11.8. The van der Waals surface area contributed by atoms with Gasteiger partial charge >= 0.3 is 6.09 Å². The zero-order chi connectivity index (χ0) is 22.6. The second-order valence-corrected chi connectivity index (χ2v) is 14.5. The first-order valence-corrected chi connectivity index (χ1v) is 13.9. The molecule has 2 heterocycles. The fourth-order valence-corrected chi connectivity index (χ4v) is 4.25. The molecule has 168 valence electrons. The van der Waals surface area contributed by atoms with Gasteiger partial charge in [0, 0.05) is 31.6 Å². The quantitative estimate of drug-likeness (QED) is 0.577. The predicted molar refractivity (Wildman–Crippen MR) is 129 cm³/mol. The van der Waals surface area contributed by atoms with Crippen LogP contribution in [0.3, 0.4) is 0 Å². The van der Waals surface area contributed by atoms with Gasteiger partial charge < -0.3 is 14.1 Å². The number of amides is 1. The Bertz CT molecular complexity index is 868. The van der Waals surface area contributed by atoms with Crippen molar-refractivity contribution in [3.63, 3.8) is 0 Å². The van der Waals surface area contributed by atoms with Gasteiger partial charge in [0.1, 0.15) is 17.7 Å². The maximum Gasteiger partial charge on any atom is 0.413 e. The Hall–Kier alpha value is -2.54. The number of aromatic nitrogens is 1. The van der Waals surface area contributed by atoms with E-state index in [4.69, 9.17) is 9.16 Å². The highest BCUT2D eigenvalue weighted by molar-refractivity contribution is 6.74. The van der Waals surface area contributed by atoms with E-state index in [1.54, 1.807) is 12.3 Å². The van der Waals surface area contributed by atoms with E-state index >= 15 is 0 Å². The van der Waals surface area contributed by atoms with Gasteiger partial charge in [-0.2, -0.15) is 0 Å². The minimum atomic E-state index is -1.91. The number of hydrogen-bond acceptors (Lipinski definition) is 5. The molecule has 3 rings (SSSR count). The van der Waals surface area contributed by atoms with Crippen LogP contribution in [0.2, 0.25) is 18.1 Å². The molecule has 6 nitrogen and oxygen atoms in total. The maximum absolute atomic E-state index is 12.3. The molecule has 1 amide bonds. The average molecular weight is 442 g/mol. The van der Waals surface area contributed by atoms with Crippen molar-refractivity contribution in [2.45, 2.75) is 64.8 Å². The van der Waals surface area contributed by atoms with Crippen LogP contribution >= 0.6 is 0 Å². The minimum Gasteiger partial charge on any atom is -0.542 e. The standard InChI is InChI=1S/C24H35N3O3Si/c1-18-7-9-19(10-8-18)27-15-13-20(14-16-27)29-23(28)26-22-12-11-21(17-25-22)30-31(5,6)24(2,3)4/h7-12,17,20H,13-16H2,1-6H3,(H,25,26,28). The summed E-state index contributed by atoms with van der Waals surface area (Å²) in [6, 6.07) is 12.1. The van der Waals surface area contributed by atoms with Crippen LogP contribution < -0.4 is 14.6 Å². The van der Waals surface area contributed by atoms with Gasteiger partial charge in [-0.15, -0.1) is 0 Å². The number of pyridine rings is 1. The van der Waals surface area contributed by atoms with Crippen LogP contribution in [0.5, 0.6) is 5.75 Å². The molecule has 1 aliphatic heterocycles. The summed E-state index contributed by atoms with van der Waals surface area (Å²) in [4.78, 5) is 19.0. The van der Waals surface area contributed by atoms with Crippen LogP contribution in [0.4, 0.5) is 16.3 Å². The normalized spacial score (nSPS) is 15.5. The van der Waals surface area contributed by atoms with Crippen LogP contribution in [0.25, 0.3) is 0 Å². The molecule has 7 heteroatoms. The monoisotopic (exact) mass is 441 g/mol. The van der Waals surface area contributed by atoms with Gasteiger partial charge in [-0.05, 0) is 49.3 Å². The Labute approximate surface area is 187 Å². The number of aryl methyl sites for hydroxylation is 1. The van der Waals surface area contributed by atoms with Crippen LogP contribution in [0.1, 0.15) is 39.2 Å². The third kappa shape index (κ3) is 6.23. The Morgan fingerprint density at radius 1 is 1.10 bits per heavy atom. The van der Waals surface area contributed by atoms with Crippen molar-refractivity contribution in [2.75, 3.05) is 23.3 Å². The highest BCUT2D eigenvalue weighted by Crippen LogP contribution is 2.37. The molecule has 0 saturated carbocycles. The molecule has 1 saturated heterocycles. The highest BCUT2D eigenvalue weighted by atomic mass is 28.4. The number of anilines is 2. The first kappa shape index (κ1) is 23.1. The summed E-state index contributed by atoms with van der Waals surface area (Å²) in [6.45, 7) is 14.8. The lowest BCUT2D eigenvalue weighted by atomic mass is 10.1. The summed E-state index contributed by atoms with van der Waals surface area (Å²) in [5.41, 5.74) is 2.48. The van der Waals surface area contributed by atoms with E-state index in [0.29, 0.717) is 5.82 Å². The molecule has 0 spiro atoms. The molecule has 0 unspecified atom stereocenters. The molecule has 31 heavy (non-hydrogen) atoms. The van der Waals surface area contributed by atoms with Crippen molar-refractivity contribution >= 4 is 25.9 Å². The van der Waals surface area contributed by atoms with Gasteiger partial charge in [0.25, 0.3) is 8.32 Å². The zero-order valence-electron chi connectivity index (χ0n) is 19.6. The minimum absolute atomic E-state index is 0.0807. The summed E-state index contributed by atoms with van der Waals surface area (Å²) in [5, 5.41) is 2.84. The van der Waals surface area contributed by atoms with Crippen molar-refractivity contribution < 1.29 is 14.0 Å². The number of benzene rings is 1. The lowest BCUT2D eigenvalue weighted by molar-refractivity contribution is 0.0950. The largest absolute Gasteiger partial charge is 0.542 e. The number of hydrogen-bond donors (Lipinski definition) is 1. The molecule has 1 aromatic heterocycles. The first-order chi connectivity index (χ1) is 14.5. The number of nitrogens with one attached hydrogen (secondary N) is 1. The number of carbonyl (C=O) groups excluding carboxylic acids is 1.